The number of methoxy groups -OCH3 is 1. The van der Waals surface area contributed by atoms with Gasteiger partial charge < -0.3 is 14.0 Å². The summed E-state index contributed by atoms with van der Waals surface area (Å²) in [7, 11) is 1.32. The molecule has 0 aliphatic rings. The molecule has 0 saturated heterocycles. The van der Waals surface area contributed by atoms with Crippen molar-refractivity contribution in [1.82, 2.24) is 9.55 Å². The third-order valence-electron chi connectivity index (χ3n) is 4.01. The first-order valence-corrected chi connectivity index (χ1v) is 8.75. The second-order valence-corrected chi connectivity index (χ2v) is 6.52. The Hall–Kier alpha value is -2.38. The van der Waals surface area contributed by atoms with Crippen molar-refractivity contribution < 1.29 is 23.9 Å². The molecule has 0 bridgehead atoms. The lowest BCUT2D eigenvalue weighted by Gasteiger charge is -2.09. The molecule has 0 unspecified atom stereocenters. The maximum absolute atomic E-state index is 12.4. The van der Waals surface area contributed by atoms with Gasteiger partial charge in [-0.2, -0.15) is 0 Å². The Morgan fingerprint density at radius 2 is 1.89 bits per heavy atom. The van der Waals surface area contributed by atoms with Crippen molar-refractivity contribution >= 4 is 40.9 Å². The summed E-state index contributed by atoms with van der Waals surface area (Å²) < 4.78 is 11.5. The first kappa shape index (κ1) is 20.9. The van der Waals surface area contributed by atoms with E-state index in [-0.39, 0.29) is 33.9 Å². The molecular formula is C18H18Cl2N2O5. The Bertz CT molecular complexity index is 892. The number of carbonyl (C=O) groups excluding carboxylic acids is 3. The van der Waals surface area contributed by atoms with Crippen LogP contribution < -0.4 is 0 Å². The molecule has 0 spiro atoms. The number of ketones is 1. The highest BCUT2D eigenvalue weighted by atomic mass is 35.5. The smallest absolute Gasteiger partial charge is 0.340 e. The summed E-state index contributed by atoms with van der Waals surface area (Å²) in [6, 6.07) is 3.02. The minimum atomic E-state index is -0.728. The fraction of sp³-hybridized carbons (Fsp3) is 0.333. The number of Topliss-reactive ketones (excluding diaryl/α,β-unsaturated/α-hetero) is 1. The number of halogens is 2. The molecule has 7 nitrogen and oxygen atoms in total. The van der Waals surface area contributed by atoms with Gasteiger partial charge in [0.1, 0.15) is 5.15 Å². The number of aromatic nitrogens is 2. The maximum Gasteiger partial charge on any atom is 0.340 e. The van der Waals surface area contributed by atoms with Crippen molar-refractivity contribution in [2.75, 3.05) is 13.7 Å². The molecule has 0 aliphatic heterocycles. The van der Waals surface area contributed by atoms with E-state index in [9.17, 15) is 14.4 Å². The van der Waals surface area contributed by atoms with Gasteiger partial charge in [-0.25, -0.2) is 9.78 Å². The van der Waals surface area contributed by atoms with Crippen molar-refractivity contribution in [3.63, 3.8) is 0 Å². The molecule has 0 N–H and O–H groups in total. The second kappa shape index (κ2) is 9.01. The molecule has 2 aromatic rings. The lowest BCUT2D eigenvalue weighted by molar-refractivity contribution is -0.140. The molecule has 27 heavy (non-hydrogen) atoms. The van der Waals surface area contributed by atoms with Gasteiger partial charge in [-0.1, -0.05) is 23.2 Å². The predicted octanol–water partition coefficient (Wildman–Crippen LogP) is 3.41. The van der Waals surface area contributed by atoms with Gasteiger partial charge in [0.25, 0.3) is 0 Å². The van der Waals surface area contributed by atoms with E-state index in [0.29, 0.717) is 17.8 Å². The fourth-order valence-electron chi connectivity index (χ4n) is 2.56. The SMILES string of the molecule is COC(=O)CCn1c(C)cc(C(=O)COC(=O)c2cnc(Cl)c(Cl)c2)c1C. The molecule has 0 atom stereocenters. The first-order chi connectivity index (χ1) is 12.7. The van der Waals surface area contributed by atoms with Crippen LogP contribution in [0.3, 0.4) is 0 Å². The van der Waals surface area contributed by atoms with Crippen LogP contribution in [0.2, 0.25) is 10.2 Å². The Morgan fingerprint density at radius 3 is 2.52 bits per heavy atom. The highest BCUT2D eigenvalue weighted by Gasteiger charge is 2.19. The molecule has 0 radical (unpaired) electrons. The van der Waals surface area contributed by atoms with E-state index < -0.39 is 12.6 Å². The molecule has 144 valence electrons. The van der Waals surface area contributed by atoms with Crippen LogP contribution in [-0.2, 0) is 20.8 Å². The van der Waals surface area contributed by atoms with E-state index in [0.717, 1.165) is 5.69 Å². The Labute approximate surface area is 166 Å². The van der Waals surface area contributed by atoms with Crippen molar-refractivity contribution in [2.45, 2.75) is 26.8 Å². The van der Waals surface area contributed by atoms with Crippen LogP contribution in [0.15, 0.2) is 18.3 Å². The van der Waals surface area contributed by atoms with Crippen molar-refractivity contribution in [3.8, 4) is 0 Å². The third-order valence-corrected chi connectivity index (χ3v) is 4.69. The zero-order valence-corrected chi connectivity index (χ0v) is 16.6. The van der Waals surface area contributed by atoms with E-state index in [4.69, 9.17) is 27.9 Å². The summed E-state index contributed by atoms with van der Waals surface area (Å²) in [4.78, 5) is 39.6. The number of carbonyl (C=O) groups is 3. The molecule has 0 aromatic carbocycles. The predicted molar refractivity (Wildman–Crippen MR) is 99.4 cm³/mol. The van der Waals surface area contributed by atoms with Gasteiger partial charge in [0.2, 0.25) is 5.78 Å². The van der Waals surface area contributed by atoms with Gasteiger partial charge in [0, 0.05) is 29.7 Å². The number of aryl methyl sites for hydroxylation is 1. The summed E-state index contributed by atoms with van der Waals surface area (Å²) in [6.07, 6.45) is 1.42. The highest BCUT2D eigenvalue weighted by Crippen LogP contribution is 2.20. The lowest BCUT2D eigenvalue weighted by atomic mass is 10.1. The van der Waals surface area contributed by atoms with E-state index in [1.54, 1.807) is 13.0 Å². The van der Waals surface area contributed by atoms with E-state index >= 15 is 0 Å². The van der Waals surface area contributed by atoms with Gasteiger partial charge in [0.05, 0.1) is 24.1 Å². The van der Waals surface area contributed by atoms with Crippen LogP contribution in [-0.4, -0.2) is 41.0 Å². The first-order valence-electron chi connectivity index (χ1n) is 7.99. The molecule has 2 aromatic heterocycles. The molecule has 2 heterocycles. The van der Waals surface area contributed by atoms with Crippen LogP contribution in [0.4, 0.5) is 0 Å². The van der Waals surface area contributed by atoms with Gasteiger partial charge in [-0.05, 0) is 26.0 Å². The standard InChI is InChI=1S/C18H18Cl2N2O5/c1-10-6-13(11(2)22(10)5-4-16(24)26-3)15(23)9-27-18(25)12-7-14(19)17(20)21-8-12/h6-8H,4-5,9H2,1-3H3. The van der Waals surface area contributed by atoms with Crippen molar-refractivity contribution in [3.05, 3.63) is 51.0 Å². The van der Waals surface area contributed by atoms with E-state index in [1.165, 1.54) is 19.4 Å². The van der Waals surface area contributed by atoms with Gasteiger partial charge in [0.15, 0.2) is 6.61 Å². The summed E-state index contributed by atoms with van der Waals surface area (Å²) in [5.41, 5.74) is 2.03. The zero-order chi connectivity index (χ0) is 20.1. The normalized spacial score (nSPS) is 10.6. The summed E-state index contributed by atoms with van der Waals surface area (Å²) in [5.74, 6) is -1.41. The number of ether oxygens (including phenoxy) is 2. The number of nitrogens with zero attached hydrogens (tertiary/aromatic N) is 2. The van der Waals surface area contributed by atoms with E-state index in [1.807, 2.05) is 11.5 Å². The summed E-state index contributed by atoms with van der Waals surface area (Å²) in [6.45, 7) is 3.56. The number of esters is 2. The monoisotopic (exact) mass is 412 g/mol. The molecule has 0 saturated carbocycles. The summed E-state index contributed by atoms with van der Waals surface area (Å²) >= 11 is 11.5. The topological polar surface area (TPSA) is 87.5 Å². The van der Waals surface area contributed by atoms with Crippen LogP contribution in [0, 0.1) is 13.8 Å². The van der Waals surface area contributed by atoms with E-state index in [2.05, 4.69) is 9.72 Å². The Morgan fingerprint density at radius 1 is 1.19 bits per heavy atom. The third kappa shape index (κ3) is 5.08. The highest BCUT2D eigenvalue weighted by molar-refractivity contribution is 6.41. The largest absolute Gasteiger partial charge is 0.469 e. The Kier molecular flexibility index (Phi) is 6.98. The minimum absolute atomic E-state index is 0.0729. The number of hydrogen-bond acceptors (Lipinski definition) is 6. The average Bonchev–Trinajstić information content (AvgIpc) is 2.93. The quantitative estimate of drug-likeness (QED) is 0.393. The van der Waals surface area contributed by atoms with Gasteiger partial charge >= 0.3 is 11.9 Å². The Balaban J connectivity index is 2.04. The van der Waals surface area contributed by atoms with Gasteiger partial charge in [-0.15, -0.1) is 0 Å². The maximum atomic E-state index is 12.4. The number of pyridine rings is 1. The fourth-order valence-corrected chi connectivity index (χ4v) is 2.83. The number of hydrogen-bond donors (Lipinski definition) is 0. The van der Waals surface area contributed by atoms with Crippen LogP contribution in [0.1, 0.15) is 38.5 Å². The molecule has 9 heteroatoms. The average molecular weight is 413 g/mol. The van der Waals surface area contributed by atoms with Gasteiger partial charge in [-0.3, -0.25) is 9.59 Å². The lowest BCUT2D eigenvalue weighted by Crippen LogP contribution is -2.15. The van der Waals surface area contributed by atoms with Crippen LogP contribution in [0.25, 0.3) is 0 Å². The second-order valence-electron chi connectivity index (χ2n) is 5.76. The molecular weight excluding hydrogens is 395 g/mol. The molecule has 0 amide bonds. The van der Waals surface area contributed by atoms with Crippen LogP contribution in [0.5, 0.6) is 0 Å². The molecule has 0 aliphatic carbocycles. The minimum Gasteiger partial charge on any atom is -0.469 e. The van der Waals surface area contributed by atoms with Crippen molar-refractivity contribution in [1.29, 1.82) is 0 Å². The molecule has 2 rings (SSSR count). The van der Waals surface area contributed by atoms with Crippen molar-refractivity contribution in [2.24, 2.45) is 0 Å². The number of rotatable bonds is 7. The summed E-state index contributed by atoms with van der Waals surface area (Å²) in [5, 5.41) is 0.190. The molecule has 0 fully saturated rings. The zero-order valence-electron chi connectivity index (χ0n) is 15.0. The van der Waals surface area contributed by atoms with Crippen LogP contribution >= 0.6 is 23.2 Å².